The summed E-state index contributed by atoms with van der Waals surface area (Å²) in [6.45, 7) is 8.73. The Balaban J connectivity index is 0.000000191. The van der Waals surface area contributed by atoms with E-state index in [-0.39, 0.29) is 18.1 Å². The summed E-state index contributed by atoms with van der Waals surface area (Å²) in [7, 11) is -1.04. The van der Waals surface area contributed by atoms with Crippen LogP contribution >= 0.6 is 38.6 Å². The van der Waals surface area contributed by atoms with Crippen LogP contribution in [0, 0.1) is 27.7 Å². The van der Waals surface area contributed by atoms with Gasteiger partial charge in [0.15, 0.2) is 0 Å². The number of hydrogen-bond donors (Lipinski definition) is 2. The Morgan fingerprint density at radius 2 is 1.21 bits per heavy atom. The molecule has 0 aliphatic heterocycles. The van der Waals surface area contributed by atoms with Crippen LogP contribution in [0.15, 0.2) is 40.9 Å². The number of benzene rings is 2. The van der Waals surface area contributed by atoms with Crippen molar-refractivity contribution in [2.45, 2.75) is 65.1 Å². The van der Waals surface area contributed by atoms with Crippen LogP contribution in [0.1, 0.15) is 58.0 Å². The molecule has 0 amide bonds. The zero-order chi connectivity index (χ0) is 28.4. The van der Waals surface area contributed by atoms with Gasteiger partial charge in [-0.3, -0.25) is 0 Å². The number of aryl methyl sites for hydroxylation is 4. The second-order valence-electron chi connectivity index (χ2n) is 9.24. The van der Waals surface area contributed by atoms with Gasteiger partial charge >= 0.3 is 19.4 Å². The number of thiophene rings is 2. The van der Waals surface area contributed by atoms with Crippen molar-refractivity contribution < 1.29 is 29.2 Å². The molecule has 6 nitrogen and oxygen atoms in total. The summed E-state index contributed by atoms with van der Waals surface area (Å²) in [6.07, 6.45) is 5.29. The van der Waals surface area contributed by atoms with Crippen LogP contribution in [-0.2, 0) is 19.2 Å². The van der Waals surface area contributed by atoms with Gasteiger partial charge in [0.1, 0.15) is 0 Å². The third-order valence-electron chi connectivity index (χ3n) is 6.04. The highest BCUT2D eigenvalue weighted by Gasteiger charge is 2.33. The molecule has 2 fully saturated rings. The minimum atomic E-state index is -1.04. The van der Waals surface area contributed by atoms with Crippen molar-refractivity contribution in [2.75, 3.05) is 0 Å². The first-order valence-corrected chi connectivity index (χ1v) is 14.5. The monoisotopic (exact) mass is 616 g/mol. The maximum atomic E-state index is 8.25. The molecule has 10 heteroatoms. The molecule has 2 aromatic carbocycles. The van der Waals surface area contributed by atoms with Gasteiger partial charge in [-0.15, -0.1) is 22.7 Å². The van der Waals surface area contributed by atoms with Crippen LogP contribution in [0.3, 0.4) is 0 Å². The van der Waals surface area contributed by atoms with Crippen LogP contribution < -0.4 is 0 Å². The van der Waals surface area contributed by atoms with Gasteiger partial charge in [-0.1, -0.05) is 37.1 Å². The molecule has 200 valence electrons. The van der Waals surface area contributed by atoms with E-state index in [1.807, 2.05) is 22.7 Å². The second kappa shape index (κ2) is 15.2. The normalized spacial score (nSPS) is 13.2. The first kappa shape index (κ1) is 31.8. The average Bonchev–Trinajstić information content (AvgIpc) is 3.78. The number of halogens is 1. The first-order chi connectivity index (χ1) is 18.1. The molecule has 2 aromatic heterocycles. The number of hydrogen-bond acceptors (Lipinski definition) is 8. The van der Waals surface area contributed by atoms with Crippen molar-refractivity contribution >= 4 is 78.2 Å². The number of carbonyl (C=O) groups excluding carboxylic acids is 4. The predicted octanol–water partition coefficient (Wildman–Crippen LogP) is 7.13. The zero-order valence-corrected chi connectivity index (χ0v) is 25.0. The standard InChI is InChI=1S/C13H14S.C10H9BrS.C3H7BO2.2CO2/c1-8-3-4-11-7-9(2)14-13(11)12(8)10-5-6-10;1-6-3-4-8-5-7(2)12-10(8)9(6)11;5-4(6)3-1-2-3;2*2-1-3/h3-4,7,10H,5-6H2,1-2H3;3-5H,1-2H3;3,5-6H,1-2H2;;. The van der Waals surface area contributed by atoms with Gasteiger partial charge in [0.25, 0.3) is 0 Å². The van der Waals surface area contributed by atoms with Gasteiger partial charge in [0, 0.05) is 23.6 Å². The van der Waals surface area contributed by atoms with E-state index >= 15 is 0 Å². The molecule has 2 heterocycles. The van der Waals surface area contributed by atoms with Crippen molar-refractivity contribution in [1.82, 2.24) is 0 Å². The molecule has 38 heavy (non-hydrogen) atoms. The molecule has 0 saturated heterocycles. The Morgan fingerprint density at radius 3 is 1.63 bits per heavy atom. The van der Waals surface area contributed by atoms with Crippen LogP contribution in [0.2, 0.25) is 5.82 Å². The van der Waals surface area contributed by atoms with E-state index in [2.05, 4.69) is 80.0 Å². The summed E-state index contributed by atoms with van der Waals surface area (Å²) in [5, 5.41) is 19.3. The summed E-state index contributed by atoms with van der Waals surface area (Å²) < 4.78 is 4.16. The fourth-order valence-corrected chi connectivity index (χ4v) is 6.72. The number of fused-ring (bicyclic) bond motifs is 2. The summed E-state index contributed by atoms with van der Waals surface area (Å²) in [4.78, 5) is 35.3. The fourth-order valence-electron chi connectivity index (χ4n) is 3.92. The predicted molar refractivity (Wildman–Crippen MR) is 155 cm³/mol. The van der Waals surface area contributed by atoms with Crippen LogP contribution in [0.25, 0.3) is 20.2 Å². The van der Waals surface area contributed by atoms with Crippen LogP contribution in [0.4, 0.5) is 0 Å². The van der Waals surface area contributed by atoms with E-state index in [4.69, 9.17) is 29.2 Å². The molecule has 0 radical (unpaired) electrons. The molecule has 4 aromatic rings. The highest BCUT2D eigenvalue weighted by atomic mass is 79.9. The summed E-state index contributed by atoms with van der Waals surface area (Å²) in [5.74, 6) is 1.08. The van der Waals surface area contributed by atoms with E-state index in [1.165, 1.54) is 53.7 Å². The van der Waals surface area contributed by atoms with Gasteiger partial charge in [-0.2, -0.15) is 19.2 Å². The SMILES string of the molecule is Cc1cc2ccc(C)c(Br)c2s1.Cc1cc2ccc(C)c(C3CC3)c2s1.O=C=O.O=C=O.OB(O)C1CC1. The molecule has 0 spiro atoms. The van der Waals surface area contributed by atoms with E-state index in [0.717, 1.165) is 18.8 Å². The third-order valence-corrected chi connectivity index (χ3v) is 9.51. The number of rotatable bonds is 2. The van der Waals surface area contributed by atoms with Gasteiger partial charge in [0.2, 0.25) is 0 Å². The molecule has 0 unspecified atom stereocenters. The molecule has 6 rings (SSSR count). The van der Waals surface area contributed by atoms with Crippen LogP contribution in [0.5, 0.6) is 0 Å². The molecular formula is C28H30BBrO6S2. The highest BCUT2D eigenvalue weighted by Crippen LogP contribution is 2.46. The van der Waals surface area contributed by atoms with E-state index < -0.39 is 7.12 Å². The lowest BCUT2D eigenvalue weighted by Gasteiger charge is -2.04. The highest BCUT2D eigenvalue weighted by molar-refractivity contribution is 9.10. The van der Waals surface area contributed by atoms with Crippen LogP contribution in [-0.4, -0.2) is 29.5 Å². The Hall–Kier alpha value is -2.42. The minimum Gasteiger partial charge on any atom is -0.427 e. The third kappa shape index (κ3) is 9.40. The summed E-state index contributed by atoms with van der Waals surface area (Å²) >= 11 is 7.41. The Kier molecular flexibility index (Phi) is 12.8. The molecule has 2 aliphatic carbocycles. The quantitative estimate of drug-likeness (QED) is 0.232. The second-order valence-corrected chi connectivity index (χ2v) is 12.5. The lowest BCUT2D eigenvalue weighted by molar-refractivity contribution is -0.193. The Bertz CT molecular complexity index is 1410. The average molecular weight is 617 g/mol. The Morgan fingerprint density at radius 1 is 0.763 bits per heavy atom. The van der Waals surface area contributed by atoms with Crippen molar-refractivity contribution in [3.8, 4) is 0 Å². The van der Waals surface area contributed by atoms with E-state index in [9.17, 15) is 0 Å². The molecule has 0 atom stereocenters. The molecule has 2 N–H and O–H groups in total. The summed E-state index contributed by atoms with van der Waals surface area (Å²) in [5.41, 5.74) is 4.44. The molecular weight excluding hydrogens is 587 g/mol. The fraction of sp³-hybridized carbons (Fsp3) is 0.357. The van der Waals surface area contributed by atoms with Gasteiger partial charge < -0.3 is 10.0 Å². The minimum absolute atomic E-state index is 0.213. The lowest BCUT2D eigenvalue weighted by atomic mass is 9.84. The van der Waals surface area contributed by atoms with E-state index in [0.29, 0.717) is 0 Å². The maximum absolute atomic E-state index is 8.25. The first-order valence-electron chi connectivity index (χ1n) is 12.1. The molecule has 2 saturated carbocycles. The van der Waals surface area contributed by atoms with Crippen molar-refractivity contribution in [2.24, 2.45) is 0 Å². The van der Waals surface area contributed by atoms with Gasteiger partial charge in [0.05, 0.1) is 0 Å². The topological polar surface area (TPSA) is 109 Å². The zero-order valence-electron chi connectivity index (χ0n) is 21.7. The largest absolute Gasteiger partial charge is 0.454 e. The van der Waals surface area contributed by atoms with Gasteiger partial charge in [-0.05, 0) is 108 Å². The van der Waals surface area contributed by atoms with Gasteiger partial charge in [-0.25, -0.2) is 0 Å². The Labute approximate surface area is 239 Å². The lowest BCUT2D eigenvalue weighted by Crippen LogP contribution is -2.09. The molecule has 0 bridgehead atoms. The molecule has 2 aliphatic rings. The summed E-state index contributed by atoms with van der Waals surface area (Å²) in [6, 6.07) is 13.4. The van der Waals surface area contributed by atoms with E-state index in [1.54, 1.807) is 10.3 Å². The smallest absolute Gasteiger partial charge is 0.427 e. The van der Waals surface area contributed by atoms with Crippen molar-refractivity contribution in [3.05, 3.63) is 67.3 Å². The van der Waals surface area contributed by atoms with Crippen molar-refractivity contribution in [3.63, 3.8) is 0 Å². The maximum Gasteiger partial charge on any atom is 0.454 e. The van der Waals surface area contributed by atoms with Crippen molar-refractivity contribution in [1.29, 1.82) is 0 Å².